The highest BCUT2D eigenvalue weighted by Gasteiger charge is 2.00. The molecule has 0 aliphatic rings. The van der Waals surface area contributed by atoms with Gasteiger partial charge in [-0.25, -0.2) is 4.39 Å². The van der Waals surface area contributed by atoms with Crippen LogP contribution in [0.1, 0.15) is 16.7 Å². The van der Waals surface area contributed by atoms with Gasteiger partial charge in [0.05, 0.1) is 6.61 Å². The van der Waals surface area contributed by atoms with Crippen LogP contribution < -0.4 is 5.32 Å². The maximum Gasteiger partial charge on any atom is 0.127 e. The SMILES string of the molecule is COCc1ccc(CNCc2ccccc2F)cc1. The van der Waals surface area contributed by atoms with E-state index in [4.69, 9.17) is 4.74 Å². The van der Waals surface area contributed by atoms with Gasteiger partial charge in [-0.15, -0.1) is 0 Å². The predicted octanol–water partition coefficient (Wildman–Crippen LogP) is 3.26. The van der Waals surface area contributed by atoms with E-state index in [1.54, 1.807) is 19.2 Å². The third-order valence-electron chi connectivity index (χ3n) is 2.94. The molecule has 100 valence electrons. The summed E-state index contributed by atoms with van der Waals surface area (Å²) >= 11 is 0. The highest BCUT2D eigenvalue weighted by Crippen LogP contribution is 2.08. The van der Waals surface area contributed by atoms with Gasteiger partial charge in [0.2, 0.25) is 0 Å². The first-order valence-electron chi connectivity index (χ1n) is 6.30. The summed E-state index contributed by atoms with van der Waals surface area (Å²) in [5, 5.41) is 3.24. The van der Waals surface area contributed by atoms with Gasteiger partial charge in [0.15, 0.2) is 0 Å². The lowest BCUT2D eigenvalue weighted by Gasteiger charge is -2.07. The minimum atomic E-state index is -0.162. The smallest absolute Gasteiger partial charge is 0.127 e. The molecule has 0 aromatic heterocycles. The summed E-state index contributed by atoms with van der Waals surface area (Å²) in [5.41, 5.74) is 3.02. The lowest BCUT2D eigenvalue weighted by Crippen LogP contribution is -2.13. The molecule has 0 aliphatic heterocycles. The molecular formula is C16H18FNO. The van der Waals surface area contributed by atoms with E-state index < -0.39 is 0 Å². The number of ether oxygens (including phenoxy) is 1. The minimum absolute atomic E-state index is 0.162. The van der Waals surface area contributed by atoms with Crippen LogP contribution in [0.2, 0.25) is 0 Å². The van der Waals surface area contributed by atoms with E-state index in [0.717, 1.165) is 12.1 Å². The predicted molar refractivity (Wildman–Crippen MR) is 74.1 cm³/mol. The zero-order valence-corrected chi connectivity index (χ0v) is 11.0. The van der Waals surface area contributed by atoms with E-state index in [-0.39, 0.29) is 5.82 Å². The lowest BCUT2D eigenvalue weighted by molar-refractivity contribution is 0.185. The Kier molecular flexibility index (Phi) is 5.07. The molecule has 2 aromatic carbocycles. The molecule has 3 heteroatoms. The van der Waals surface area contributed by atoms with E-state index in [1.807, 2.05) is 18.2 Å². The first-order chi connectivity index (χ1) is 9.29. The van der Waals surface area contributed by atoms with Crippen molar-refractivity contribution in [3.05, 3.63) is 71.0 Å². The topological polar surface area (TPSA) is 21.3 Å². The monoisotopic (exact) mass is 259 g/mol. The molecule has 0 aliphatic carbocycles. The second kappa shape index (κ2) is 7.02. The average Bonchev–Trinajstić information content (AvgIpc) is 2.43. The second-order valence-corrected chi connectivity index (χ2v) is 4.44. The van der Waals surface area contributed by atoms with E-state index in [2.05, 4.69) is 17.4 Å². The van der Waals surface area contributed by atoms with Crippen LogP contribution in [-0.4, -0.2) is 7.11 Å². The highest BCUT2D eigenvalue weighted by molar-refractivity contribution is 5.22. The van der Waals surface area contributed by atoms with E-state index in [9.17, 15) is 4.39 Å². The van der Waals surface area contributed by atoms with Crippen molar-refractivity contribution in [3.8, 4) is 0 Å². The lowest BCUT2D eigenvalue weighted by atomic mass is 10.1. The Labute approximate surface area is 113 Å². The first kappa shape index (κ1) is 13.7. The van der Waals surface area contributed by atoms with Crippen LogP contribution in [0.15, 0.2) is 48.5 Å². The molecule has 0 saturated carbocycles. The molecule has 0 amide bonds. The molecule has 2 nitrogen and oxygen atoms in total. The number of methoxy groups -OCH3 is 1. The van der Waals surface area contributed by atoms with Gasteiger partial charge in [-0.3, -0.25) is 0 Å². The summed E-state index contributed by atoms with van der Waals surface area (Å²) in [7, 11) is 1.68. The van der Waals surface area contributed by atoms with Crippen molar-refractivity contribution in [2.24, 2.45) is 0 Å². The molecule has 0 saturated heterocycles. The number of halogens is 1. The van der Waals surface area contributed by atoms with Crippen molar-refractivity contribution < 1.29 is 9.13 Å². The summed E-state index contributed by atoms with van der Waals surface area (Å²) in [6, 6.07) is 15.0. The van der Waals surface area contributed by atoms with Crippen LogP contribution in [0.3, 0.4) is 0 Å². The largest absolute Gasteiger partial charge is 0.380 e. The Balaban J connectivity index is 1.84. The molecule has 2 aromatic rings. The number of hydrogen-bond acceptors (Lipinski definition) is 2. The molecule has 0 spiro atoms. The van der Waals surface area contributed by atoms with Gasteiger partial charge in [0.1, 0.15) is 5.82 Å². The zero-order chi connectivity index (χ0) is 13.5. The summed E-state index contributed by atoms with van der Waals surface area (Å²) in [4.78, 5) is 0. The Bertz CT molecular complexity index is 510. The molecule has 1 N–H and O–H groups in total. The number of rotatable bonds is 6. The van der Waals surface area contributed by atoms with Crippen LogP contribution in [0.5, 0.6) is 0 Å². The summed E-state index contributed by atoms with van der Waals surface area (Å²) in [5.74, 6) is -0.162. The van der Waals surface area contributed by atoms with E-state index in [1.165, 1.54) is 11.6 Å². The summed E-state index contributed by atoms with van der Waals surface area (Å²) in [6.07, 6.45) is 0. The van der Waals surface area contributed by atoms with Crippen molar-refractivity contribution in [2.45, 2.75) is 19.7 Å². The Morgan fingerprint density at radius 1 is 0.947 bits per heavy atom. The van der Waals surface area contributed by atoms with E-state index in [0.29, 0.717) is 18.7 Å². The quantitative estimate of drug-likeness (QED) is 0.859. The van der Waals surface area contributed by atoms with Gasteiger partial charge >= 0.3 is 0 Å². The molecule has 0 fully saturated rings. The van der Waals surface area contributed by atoms with Crippen molar-refractivity contribution in [3.63, 3.8) is 0 Å². The fourth-order valence-corrected chi connectivity index (χ4v) is 1.90. The fourth-order valence-electron chi connectivity index (χ4n) is 1.90. The zero-order valence-electron chi connectivity index (χ0n) is 11.0. The van der Waals surface area contributed by atoms with Crippen LogP contribution in [0, 0.1) is 5.82 Å². The maximum atomic E-state index is 13.4. The molecular weight excluding hydrogens is 241 g/mol. The van der Waals surface area contributed by atoms with Crippen LogP contribution >= 0.6 is 0 Å². The molecule has 0 atom stereocenters. The third-order valence-corrected chi connectivity index (χ3v) is 2.94. The molecule has 0 bridgehead atoms. The fraction of sp³-hybridized carbons (Fsp3) is 0.250. The Hall–Kier alpha value is -1.71. The summed E-state index contributed by atoms with van der Waals surface area (Å²) in [6.45, 7) is 1.89. The molecule has 19 heavy (non-hydrogen) atoms. The molecule has 0 radical (unpaired) electrons. The van der Waals surface area contributed by atoms with Crippen molar-refractivity contribution in [1.29, 1.82) is 0 Å². The van der Waals surface area contributed by atoms with Gasteiger partial charge in [0.25, 0.3) is 0 Å². The van der Waals surface area contributed by atoms with Gasteiger partial charge in [-0.1, -0.05) is 42.5 Å². The first-order valence-corrected chi connectivity index (χ1v) is 6.30. The van der Waals surface area contributed by atoms with Gasteiger partial charge < -0.3 is 10.1 Å². The molecule has 0 unspecified atom stereocenters. The highest BCUT2D eigenvalue weighted by atomic mass is 19.1. The third kappa shape index (κ3) is 4.16. The van der Waals surface area contributed by atoms with Crippen molar-refractivity contribution in [2.75, 3.05) is 7.11 Å². The van der Waals surface area contributed by atoms with Crippen molar-refractivity contribution >= 4 is 0 Å². The standard InChI is InChI=1S/C16H18FNO/c1-19-12-14-8-6-13(7-9-14)10-18-11-15-4-2-3-5-16(15)17/h2-9,18H,10-12H2,1H3. The minimum Gasteiger partial charge on any atom is -0.380 e. The maximum absolute atomic E-state index is 13.4. The average molecular weight is 259 g/mol. The number of benzene rings is 2. The van der Waals surface area contributed by atoms with Crippen molar-refractivity contribution in [1.82, 2.24) is 5.32 Å². The Morgan fingerprint density at radius 3 is 2.32 bits per heavy atom. The second-order valence-electron chi connectivity index (χ2n) is 4.44. The van der Waals surface area contributed by atoms with Gasteiger partial charge in [-0.2, -0.15) is 0 Å². The van der Waals surface area contributed by atoms with E-state index >= 15 is 0 Å². The van der Waals surface area contributed by atoms with Gasteiger partial charge in [0, 0.05) is 25.8 Å². The van der Waals surface area contributed by atoms with Crippen LogP contribution in [0.25, 0.3) is 0 Å². The summed E-state index contributed by atoms with van der Waals surface area (Å²) < 4.78 is 18.5. The Morgan fingerprint density at radius 2 is 1.63 bits per heavy atom. The van der Waals surface area contributed by atoms with Gasteiger partial charge in [-0.05, 0) is 17.2 Å². The van der Waals surface area contributed by atoms with Crippen LogP contribution in [0.4, 0.5) is 4.39 Å². The van der Waals surface area contributed by atoms with Crippen LogP contribution in [-0.2, 0) is 24.4 Å². The normalized spacial score (nSPS) is 10.6. The molecule has 0 heterocycles. The molecule has 2 rings (SSSR count). The number of hydrogen-bond donors (Lipinski definition) is 1. The number of nitrogens with one attached hydrogen (secondary N) is 1.